The first-order valence-electron chi connectivity index (χ1n) is 22.9. The van der Waals surface area contributed by atoms with Crippen molar-refractivity contribution < 1.29 is 62.0 Å². The summed E-state index contributed by atoms with van der Waals surface area (Å²) >= 11 is 0. The van der Waals surface area contributed by atoms with Crippen molar-refractivity contribution in [1.82, 2.24) is 31.9 Å². The summed E-state index contributed by atoms with van der Waals surface area (Å²) < 4.78 is 31.6. The molecule has 70 heavy (non-hydrogen) atoms. The first kappa shape index (κ1) is 56.8. The maximum absolute atomic E-state index is 13.8. The number of hydrogen-bond acceptors (Lipinski definition) is 13. The van der Waals surface area contributed by atoms with Crippen LogP contribution >= 0.6 is 0 Å². The van der Waals surface area contributed by atoms with E-state index in [4.69, 9.17) is 28.4 Å². The summed E-state index contributed by atoms with van der Waals surface area (Å²) in [6.07, 6.45) is 6.23. The molecular formula is C51H68N6O13. The topological polar surface area (TPSA) is 247 Å². The predicted octanol–water partition coefficient (Wildman–Crippen LogP) is 6.39. The Morgan fingerprint density at radius 1 is 0.700 bits per heavy atom. The molecule has 6 N–H and O–H groups in total. The number of allylic oxidation sites excluding steroid dienone is 6. The molecule has 0 fully saturated rings. The minimum absolute atomic E-state index is 0.00911. The van der Waals surface area contributed by atoms with E-state index in [-0.39, 0.29) is 56.9 Å². The van der Waals surface area contributed by atoms with Crippen molar-refractivity contribution >= 4 is 42.0 Å². The molecule has 1 aliphatic carbocycles. The Morgan fingerprint density at radius 2 is 1.24 bits per heavy atom. The number of esters is 1. The first-order chi connectivity index (χ1) is 33.4. The molecular weight excluding hydrogens is 905 g/mol. The van der Waals surface area contributed by atoms with E-state index in [1.165, 1.54) is 33.5 Å². The second-order valence-corrected chi connectivity index (χ2v) is 17.0. The lowest BCUT2D eigenvalue weighted by atomic mass is 9.95. The van der Waals surface area contributed by atoms with Gasteiger partial charge < -0.3 is 60.3 Å². The number of amides is 6. The molecule has 0 aromatic heterocycles. The molecule has 19 heteroatoms. The molecule has 0 bridgehead atoms. The molecule has 19 nitrogen and oxygen atoms in total. The van der Waals surface area contributed by atoms with Crippen molar-refractivity contribution in [2.45, 2.75) is 104 Å². The van der Waals surface area contributed by atoms with Crippen molar-refractivity contribution in [3.8, 4) is 0 Å². The zero-order valence-corrected chi connectivity index (χ0v) is 41.1. The molecule has 0 saturated carbocycles. The number of alkyl carbamates (subject to hydrolysis) is 3. The highest BCUT2D eigenvalue weighted by molar-refractivity contribution is 5.99. The molecule has 1 unspecified atom stereocenters. The Labute approximate surface area is 409 Å². The lowest BCUT2D eigenvalue weighted by Gasteiger charge is -2.24. The van der Waals surface area contributed by atoms with Gasteiger partial charge >= 0.3 is 24.2 Å². The van der Waals surface area contributed by atoms with E-state index in [9.17, 15) is 33.6 Å². The van der Waals surface area contributed by atoms with Crippen LogP contribution in [0.5, 0.6) is 0 Å². The first-order valence-corrected chi connectivity index (χ1v) is 22.9. The van der Waals surface area contributed by atoms with Crippen LogP contribution in [0.3, 0.4) is 0 Å². The van der Waals surface area contributed by atoms with E-state index < -0.39 is 65.6 Å². The molecule has 2 aromatic carbocycles. The van der Waals surface area contributed by atoms with E-state index in [0.717, 1.165) is 11.1 Å². The van der Waals surface area contributed by atoms with Gasteiger partial charge in [-0.2, -0.15) is 0 Å². The van der Waals surface area contributed by atoms with Gasteiger partial charge in [-0.1, -0.05) is 67.2 Å². The molecule has 0 heterocycles. The highest BCUT2D eigenvalue weighted by Crippen LogP contribution is 2.26. The number of methoxy groups -OCH3 is 3. The largest absolute Gasteiger partial charge is 0.500 e. The lowest BCUT2D eigenvalue weighted by molar-refractivity contribution is -0.145. The summed E-state index contributed by atoms with van der Waals surface area (Å²) in [4.78, 5) is 90.7. The second-order valence-electron chi connectivity index (χ2n) is 17.0. The summed E-state index contributed by atoms with van der Waals surface area (Å²) in [5.74, 6) is -2.84. The zero-order valence-electron chi connectivity index (χ0n) is 41.1. The smallest absolute Gasteiger partial charge is 0.408 e. The fourth-order valence-electron chi connectivity index (χ4n) is 6.61. The molecule has 1 aliphatic rings. The molecule has 6 amide bonds. The minimum atomic E-state index is -1.10. The molecule has 3 rings (SSSR count). The number of nitrogens with one attached hydrogen (secondary N) is 6. The van der Waals surface area contributed by atoms with E-state index >= 15 is 0 Å². The third-order valence-electron chi connectivity index (χ3n) is 10.3. The number of carbonyl (C=O) groups excluding carboxylic acids is 7. The Hall–Kier alpha value is -7.57. The van der Waals surface area contributed by atoms with Crippen molar-refractivity contribution in [3.63, 3.8) is 0 Å². The van der Waals surface area contributed by atoms with Gasteiger partial charge in [0.1, 0.15) is 48.3 Å². The summed E-state index contributed by atoms with van der Waals surface area (Å²) in [7, 11) is 4.00. The monoisotopic (exact) mass is 972 g/mol. The summed E-state index contributed by atoms with van der Waals surface area (Å²) in [5, 5.41) is 16.3. The van der Waals surface area contributed by atoms with Crippen LogP contribution in [-0.4, -0.2) is 94.1 Å². The van der Waals surface area contributed by atoms with Crippen molar-refractivity contribution in [3.05, 3.63) is 131 Å². The molecule has 0 spiro atoms. The van der Waals surface area contributed by atoms with Crippen LogP contribution < -0.4 is 31.9 Å². The van der Waals surface area contributed by atoms with Crippen LogP contribution in [0.4, 0.5) is 14.4 Å². The standard InChI is InChI=1S/C51H68N6O13/c1-34(54-45(59)41(57-50(64)70-51(3,4)5)24-16-18-30-53-49(63)69-33-37-21-13-10-14-22-37)25-27-42(65-6)35(2)44(58)56-40(23-15-17-29-52-48(62)68-32-36-19-11-9-12-20-36)46(60)55-38-26-28-43(66-7)39(31-38)47(61)67-8/h9-14,19-22,25-28,39-41H,2,15-18,23-24,29-33H2,1,3-8H3,(H,52,62)(H,53,63)(H,54,59)(H,55,60)(H,56,58)(H,57,64)/b34-25+,42-27+/t39?,40-,41-/m0/s1. The number of benzene rings is 2. The Morgan fingerprint density at radius 3 is 1.74 bits per heavy atom. The minimum Gasteiger partial charge on any atom is -0.500 e. The number of hydrogen-bond donors (Lipinski definition) is 6. The predicted molar refractivity (Wildman–Crippen MR) is 260 cm³/mol. The van der Waals surface area contributed by atoms with E-state index in [1.807, 2.05) is 60.7 Å². The molecule has 0 radical (unpaired) electrons. The summed E-state index contributed by atoms with van der Waals surface area (Å²) in [5.41, 5.74) is 1.42. The Kier molecular flexibility index (Phi) is 24.3. The van der Waals surface area contributed by atoms with Crippen LogP contribution in [0.25, 0.3) is 0 Å². The third-order valence-corrected chi connectivity index (χ3v) is 10.3. The van der Waals surface area contributed by atoms with Crippen molar-refractivity contribution in [2.24, 2.45) is 5.92 Å². The molecule has 0 aliphatic heterocycles. The van der Waals surface area contributed by atoms with Gasteiger partial charge in [0.2, 0.25) is 11.8 Å². The lowest BCUT2D eigenvalue weighted by Crippen LogP contribution is -2.47. The zero-order chi connectivity index (χ0) is 51.5. The van der Waals surface area contributed by atoms with Gasteiger partial charge in [0, 0.05) is 30.9 Å². The van der Waals surface area contributed by atoms with Gasteiger partial charge in [-0.3, -0.25) is 19.2 Å². The normalized spacial score (nSPS) is 14.4. The number of ether oxygens (including phenoxy) is 6. The highest BCUT2D eigenvalue weighted by Gasteiger charge is 2.31. The van der Waals surface area contributed by atoms with Crippen molar-refractivity contribution in [2.75, 3.05) is 34.4 Å². The van der Waals surface area contributed by atoms with Gasteiger partial charge in [-0.05, 0) is 102 Å². The fraction of sp³-hybridized carbons (Fsp3) is 0.431. The third kappa shape index (κ3) is 21.6. The van der Waals surface area contributed by atoms with Crippen LogP contribution in [0.15, 0.2) is 120 Å². The number of carbonyl (C=O) groups is 7. The summed E-state index contributed by atoms with van der Waals surface area (Å²) in [6, 6.07) is 16.3. The van der Waals surface area contributed by atoms with E-state index in [2.05, 4.69) is 38.5 Å². The molecule has 3 atom stereocenters. The molecule has 2 aromatic rings. The Balaban J connectivity index is 1.65. The van der Waals surface area contributed by atoms with Crippen LogP contribution in [-0.2, 0) is 60.8 Å². The van der Waals surface area contributed by atoms with Gasteiger partial charge in [0.25, 0.3) is 5.91 Å². The second kappa shape index (κ2) is 30.0. The van der Waals surface area contributed by atoms with Crippen LogP contribution in [0, 0.1) is 5.92 Å². The van der Waals surface area contributed by atoms with Gasteiger partial charge in [0.15, 0.2) is 0 Å². The van der Waals surface area contributed by atoms with Gasteiger partial charge in [0.05, 0.1) is 26.9 Å². The number of unbranched alkanes of at least 4 members (excludes halogenated alkanes) is 2. The number of rotatable bonds is 26. The van der Waals surface area contributed by atoms with E-state index in [0.29, 0.717) is 42.8 Å². The van der Waals surface area contributed by atoms with Crippen LogP contribution in [0.2, 0.25) is 0 Å². The SMILES string of the molecule is C=C(C(=O)N[C@@H](CCCCNC(=O)OCc1ccccc1)C(=O)NC1=CC=C(OC)C(C(=O)OC)C1)/C(=C\C=C(/C)NC(=O)[C@H](CCCCNC(=O)OCc1ccccc1)NC(=O)OC(C)(C)C)OC. The maximum Gasteiger partial charge on any atom is 0.408 e. The van der Waals surface area contributed by atoms with E-state index in [1.54, 1.807) is 39.8 Å². The fourth-order valence-corrected chi connectivity index (χ4v) is 6.61. The van der Waals surface area contributed by atoms with Gasteiger partial charge in [-0.15, -0.1) is 0 Å². The highest BCUT2D eigenvalue weighted by atomic mass is 16.6. The molecule has 380 valence electrons. The average Bonchev–Trinajstić information content (AvgIpc) is 3.33. The average molecular weight is 973 g/mol. The van der Waals surface area contributed by atoms with Crippen LogP contribution in [0.1, 0.15) is 83.8 Å². The maximum atomic E-state index is 13.8. The quantitative estimate of drug-likeness (QED) is 0.0150. The van der Waals surface area contributed by atoms with Gasteiger partial charge in [-0.25, -0.2) is 14.4 Å². The molecule has 0 saturated heterocycles. The summed E-state index contributed by atoms with van der Waals surface area (Å²) in [6.45, 7) is 11.3. The Bertz CT molecular complexity index is 2220. The van der Waals surface area contributed by atoms with Crippen molar-refractivity contribution in [1.29, 1.82) is 0 Å².